The van der Waals surface area contributed by atoms with E-state index in [1.54, 1.807) is 11.0 Å². The van der Waals surface area contributed by atoms with E-state index >= 15 is 0 Å². The van der Waals surface area contributed by atoms with Gasteiger partial charge < -0.3 is 14.4 Å². The van der Waals surface area contributed by atoms with Crippen molar-refractivity contribution in [1.82, 2.24) is 4.90 Å². The van der Waals surface area contributed by atoms with Gasteiger partial charge in [-0.2, -0.15) is 0 Å². The van der Waals surface area contributed by atoms with E-state index in [0.717, 1.165) is 0 Å². The van der Waals surface area contributed by atoms with Crippen molar-refractivity contribution in [2.24, 2.45) is 0 Å². The van der Waals surface area contributed by atoms with Gasteiger partial charge in [0.2, 0.25) is 0 Å². The highest BCUT2D eigenvalue weighted by Gasteiger charge is 2.26. The number of hydrogen-bond acceptors (Lipinski definition) is 5. The molecule has 0 bridgehead atoms. The summed E-state index contributed by atoms with van der Waals surface area (Å²) in [5.41, 5.74) is -0.0615. The second kappa shape index (κ2) is 6.53. The van der Waals surface area contributed by atoms with Gasteiger partial charge in [0, 0.05) is 19.2 Å². The molecule has 114 valence electrons. The van der Waals surface area contributed by atoms with Crippen molar-refractivity contribution in [2.75, 3.05) is 19.7 Å². The summed E-state index contributed by atoms with van der Waals surface area (Å²) in [6.07, 6.45) is -0.00831. The van der Waals surface area contributed by atoms with E-state index in [2.05, 4.69) is 0 Å². The molecule has 2 rings (SSSR count). The van der Waals surface area contributed by atoms with Gasteiger partial charge in [-0.15, -0.1) is 0 Å². The van der Waals surface area contributed by atoms with Crippen LogP contribution < -0.4 is 4.74 Å². The zero-order valence-electron chi connectivity index (χ0n) is 12.0. The Morgan fingerprint density at radius 2 is 2.10 bits per heavy atom. The number of rotatable bonds is 4. The summed E-state index contributed by atoms with van der Waals surface area (Å²) in [4.78, 5) is 24.0. The number of carbonyl (C=O) groups excluding carboxylic acids is 1. The van der Waals surface area contributed by atoms with Gasteiger partial charge in [0.25, 0.3) is 11.6 Å². The van der Waals surface area contributed by atoms with E-state index < -0.39 is 4.92 Å². The molecule has 7 nitrogen and oxygen atoms in total. The summed E-state index contributed by atoms with van der Waals surface area (Å²) in [6.45, 7) is 4.75. The molecule has 21 heavy (non-hydrogen) atoms. The maximum absolute atomic E-state index is 12.1. The SMILES string of the molecule is C[C@@H]1CN(C(=O)COc2cccc([N+](=O)[O-])c2)C[C@@H](C)O1. The van der Waals surface area contributed by atoms with Crippen LogP contribution in [-0.2, 0) is 9.53 Å². The van der Waals surface area contributed by atoms with E-state index in [9.17, 15) is 14.9 Å². The number of nitrogens with zero attached hydrogens (tertiary/aromatic N) is 2. The van der Waals surface area contributed by atoms with E-state index in [1.165, 1.54) is 18.2 Å². The molecule has 7 heteroatoms. The molecule has 1 fully saturated rings. The summed E-state index contributed by atoms with van der Waals surface area (Å²) < 4.78 is 10.9. The first-order chi connectivity index (χ1) is 9.95. The predicted molar refractivity (Wildman–Crippen MR) is 75.2 cm³/mol. The minimum absolute atomic E-state index is 0.00415. The lowest BCUT2D eigenvalue weighted by atomic mass is 10.2. The molecular weight excluding hydrogens is 276 g/mol. The summed E-state index contributed by atoms with van der Waals surface area (Å²) in [7, 11) is 0. The average Bonchev–Trinajstić information content (AvgIpc) is 2.44. The molecule has 1 aromatic rings. The highest BCUT2D eigenvalue weighted by Crippen LogP contribution is 2.19. The molecular formula is C14H18N2O5. The maximum Gasteiger partial charge on any atom is 0.273 e. The zero-order chi connectivity index (χ0) is 15.4. The van der Waals surface area contributed by atoms with Gasteiger partial charge in [0.05, 0.1) is 23.2 Å². The molecule has 0 spiro atoms. The Labute approximate surface area is 122 Å². The Balaban J connectivity index is 1.92. The second-order valence-corrected chi connectivity index (χ2v) is 5.10. The normalized spacial score (nSPS) is 21.9. The van der Waals surface area contributed by atoms with Crippen molar-refractivity contribution in [3.63, 3.8) is 0 Å². The van der Waals surface area contributed by atoms with E-state index in [1.807, 2.05) is 13.8 Å². The highest BCUT2D eigenvalue weighted by molar-refractivity contribution is 5.78. The van der Waals surface area contributed by atoms with Crippen LogP contribution in [0.25, 0.3) is 0 Å². The smallest absolute Gasteiger partial charge is 0.273 e. The number of morpholine rings is 1. The molecule has 0 unspecified atom stereocenters. The van der Waals surface area contributed by atoms with Gasteiger partial charge in [-0.25, -0.2) is 0 Å². The van der Waals surface area contributed by atoms with Gasteiger partial charge in [-0.05, 0) is 19.9 Å². The first kappa shape index (κ1) is 15.2. The van der Waals surface area contributed by atoms with Crippen LogP contribution in [0.2, 0.25) is 0 Å². The lowest BCUT2D eigenvalue weighted by Crippen LogP contribution is -2.49. The molecule has 1 aromatic carbocycles. The molecule has 1 saturated heterocycles. The van der Waals surface area contributed by atoms with E-state index in [0.29, 0.717) is 18.8 Å². The van der Waals surface area contributed by atoms with Crippen LogP contribution in [0.3, 0.4) is 0 Å². The summed E-state index contributed by atoms with van der Waals surface area (Å²) in [5, 5.41) is 10.7. The van der Waals surface area contributed by atoms with Crippen LogP contribution >= 0.6 is 0 Å². The average molecular weight is 294 g/mol. The Morgan fingerprint density at radius 3 is 2.71 bits per heavy atom. The molecule has 1 heterocycles. The molecule has 1 amide bonds. The summed E-state index contributed by atoms with van der Waals surface area (Å²) >= 11 is 0. The van der Waals surface area contributed by atoms with E-state index in [4.69, 9.17) is 9.47 Å². The van der Waals surface area contributed by atoms with Crippen LogP contribution in [0, 0.1) is 10.1 Å². The monoisotopic (exact) mass is 294 g/mol. The van der Waals surface area contributed by atoms with Gasteiger partial charge >= 0.3 is 0 Å². The molecule has 0 saturated carbocycles. The number of nitro benzene ring substituents is 1. The van der Waals surface area contributed by atoms with Crippen LogP contribution in [0.1, 0.15) is 13.8 Å². The van der Waals surface area contributed by atoms with Crippen LogP contribution in [0.4, 0.5) is 5.69 Å². The number of nitro groups is 1. The van der Waals surface area contributed by atoms with Gasteiger partial charge in [-0.1, -0.05) is 6.07 Å². The molecule has 1 aliphatic heterocycles. The molecule has 1 aliphatic rings. The molecule has 0 radical (unpaired) electrons. The third-order valence-corrected chi connectivity index (χ3v) is 3.16. The topological polar surface area (TPSA) is 81.9 Å². The largest absolute Gasteiger partial charge is 0.484 e. The Kier molecular flexibility index (Phi) is 4.74. The van der Waals surface area contributed by atoms with Crippen molar-refractivity contribution < 1.29 is 19.2 Å². The number of amides is 1. The fourth-order valence-electron chi connectivity index (χ4n) is 2.30. The van der Waals surface area contributed by atoms with Gasteiger partial charge in [-0.3, -0.25) is 14.9 Å². The fourth-order valence-corrected chi connectivity index (χ4v) is 2.30. The minimum atomic E-state index is -0.500. The number of carbonyl (C=O) groups is 1. The summed E-state index contributed by atoms with van der Waals surface area (Å²) in [5.74, 6) is 0.162. The lowest BCUT2D eigenvalue weighted by molar-refractivity contribution is -0.384. The van der Waals surface area contributed by atoms with Gasteiger partial charge in [0.15, 0.2) is 6.61 Å². The number of hydrogen-bond donors (Lipinski definition) is 0. The van der Waals surface area contributed by atoms with Crippen LogP contribution in [0.5, 0.6) is 5.75 Å². The van der Waals surface area contributed by atoms with E-state index in [-0.39, 0.29) is 30.4 Å². The minimum Gasteiger partial charge on any atom is -0.484 e. The predicted octanol–water partition coefficient (Wildman–Crippen LogP) is 1.61. The number of non-ortho nitro benzene ring substituents is 1. The molecule has 0 N–H and O–H groups in total. The van der Waals surface area contributed by atoms with Crippen molar-refractivity contribution in [1.29, 1.82) is 0 Å². The first-order valence-electron chi connectivity index (χ1n) is 6.76. The summed E-state index contributed by atoms with van der Waals surface area (Å²) in [6, 6.07) is 5.79. The first-order valence-corrected chi connectivity index (χ1v) is 6.76. The number of ether oxygens (including phenoxy) is 2. The van der Waals surface area contributed by atoms with Crippen molar-refractivity contribution in [2.45, 2.75) is 26.1 Å². The standard InChI is InChI=1S/C14H18N2O5/c1-10-7-15(8-11(2)21-10)14(17)9-20-13-5-3-4-12(6-13)16(18)19/h3-6,10-11H,7-9H2,1-2H3/t10-,11-/m1/s1. The molecule has 2 atom stereocenters. The van der Waals surface area contributed by atoms with Crippen LogP contribution in [-0.4, -0.2) is 47.6 Å². The van der Waals surface area contributed by atoms with Crippen LogP contribution in [0.15, 0.2) is 24.3 Å². The van der Waals surface area contributed by atoms with Crippen molar-refractivity contribution in [3.05, 3.63) is 34.4 Å². The maximum atomic E-state index is 12.1. The van der Waals surface area contributed by atoms with Gasteiger partial charge in [0.1, 0.15) is 5.75 Å². The number of benzene rings is 1. The Morgan fingerprint density at radius 1 is 1.43 bits per heavy atom. The quantitative estimate of drug-likeness (QED) is 0.622. The third kappa shape index (κ3) is 4.16. The Hall–Kier alpha value is -2.15. The zero-order valence-corrected chi connectivity index (χ0v) is 12.0. The third-order valence-electron chi connectivity index (χ3n) is 3.16. The fraction of sp³-hybridized carbons (Fsp3) is 0.500. The molecule has 0 aliphatic carbocycles. The van der Waals surface area contributed by atoms with Crippen molar-refractivity contribution in [3.8, 4) is 5.75 Å². The highest BCUT2D eigenvalue weighted by atomic mass is 16.6. The molecule has 0 aromatic heterocycles. The second-order valence-electron chi connectivity index (χ2n) is 5.10. The Bertz CT molecular complexity index is 524. The lowest BCUT2D eigenvalue weighted by Gasteiger charge is -2.35. The van der Waals surface area contributed by atoms with Crippen molar-refractivity contribution >= 4 is 11.6 Å².